The number of rotatable bonds is 3. The zero-order valence-corrected chi connectivity index (χ0v) is 6.47. The van der Waals surface area contributed by atoms with Gasteiger partial charge < -0.3 is 4.18 Å². The molecule has 0 unspecified atom stereocenters. The van der Waals surface area contributed by atoms with Gasteiger partial charge in [0.15, 0.2) is 0 Å². The molecule has 0 atom stereocenters. The first kappa shape index (κ1) is 9.38. The highest BCUT2D eigenvalue weighted by atomic mass is 32.3. The van der Waals surface area contributed by atoms with Crippen LogP contribution in [0, 0.1) is 0 Å². The summed E-state index contributed by atoms with van der Waals surface area (Å²) in [6.07, 6.45) is 0. The molecule has 0 aromatic rings. The molecule has 10 heavy (non-hydrogen) atoms. The van der Waals surface area contributed by atoms with E-state index in [0.717, 1.165) is 6.92 Å². The predicted molar refractivity (Wildman–Crippen MR) is 32.3 cm³/mol. The van der Waals surface area contributed by atoms with E-state index in [9.17, 15) is 13.2 Å². The molecular weight excluding hydrogens is 160 g/mol. The molecule has 60 valence electrons. The molecule has 0 N–H and O–H groups in total. The third-order valence-electron chi connectivity index (χ3n) is 0.482. The molecule has 5 nitrogen and oxygen atoms in total. The normalized spacial score (nSPS) is 11.0. The van der Waals surface area contributed by atoms with Crippen LogP contribution in [0.25, 0.3) is 0 Å². The fraction of sp³-hybridized carbons (Fsp3) is 0.750. The summed E-state index contributed by atoms with van der Waals surface area (Å²) < 4.78 is 28.6. The Bertz CT molecular complexity index is 204. The van der Waals surface area contributed by atoms with Crippen molar-refractivity contribution in [3.8, 4) is 0 Å². The molecule has 0 heterocycles. The summed E-state index contributed by atoms with van der Waals surface area (Å²) in [6.45, 7) is 2.41. The van der Waals surface area contributed by atoms with Gasteiger partial charge in [0.25, 0.3) is 0 Å². The molecule has 0 aliphatic rings. The van der Waals surface area contributed by atoms with Crippen LogP contribution in [0.15, 0.2) is 0 Å². The third kappa shape index (κ3) is 4.28. The van der Waals surface area contributed by atoms with Gasteiger partial charge >= 0.3 is 16.4 Å². The van der Waals surface area contributed by atoms with E-state index in [0.29, 0.717) is 0 Å². The molecule has 0 spiro atoms. The minimum absolute atomic E-state index is 0.0460. The van der Waals surface area contributed by atoms with Gasteiger partial charge in [0.2, 0.25) is 0 Å². The topological polar surface area (TPSA) is 69.7 Å². The zero-order valence-electron chi connectivity index (χ0n) is 5.66. The van der Waals surface area contributed by atoms with E-state index in [1.807, 2.05) is 0 Å². The maximum atomic E-state index is 10.4. The van der Waals surface area contributed by atoms with Crippen molar-refractivity contribution in [2.45, 2.75) is 13.8 Å². The van der Waals surface area contributed by atoms with Crippen molar-refractivity contribution in [2.24, 2.45) is 0 Å². The van der Waals surface area contributed by atoms with E-state index < -0.39 is 16.4 Å². The van der Waals surface area contributed by atoms with Gasteiger partial charge in [0.05, 0.1) is 6.61 Å². The van der Waals surface area contributed by atoms with Crippen LogP contribution in [-0.4, -0.2) is 21.0 Å². The zero-order chi connectivity index (χ0) is 8.20. The number of hydrogen-bond acceptors (Lipinski definition) is 5. The fourth-order valence-corrected chi connectivity index (χ4v) is 0.936. The van der Waals surface area contributed by atoms with Crippen molar-refractivity contribution >= 4 is 16.4 Å². The highest BCUT2D eigenvalue weighted by molar-refractivity contribution is 7.82. The van der Waals surface area contributed by atoms with Gasteiger partial charge in [-0.3, -0.25) is 4.79 Å². The van der Waals surface area contributed by atoms with Gasteiger partial charge in [-0.05, 0) is 6.92 Å². The van der Waals surface area contributed by atoms with Crippen molar-refractivity contribution in [3.63, 3.8) is 0 Å². The lowest BCUT2D eigenvalue weighted by atomic mass is 10.9. The standard InChI is InChI=1S/C4H8O5S/c1-3-8-10(6,7)9-4(2)5/h3H2,1-2H3. The number of carbonyl (C=O) groups excluding carboxylic acids is 1. The number of carbonyl (C=O) groups is 1. The molecular formula is C4H8O5S. The van der Waals surface area contributed by atoms with E-state index >= 15 is 0 Å². The van der Waals surface area contributed by atoms with Gasteiger partial charge in [0.1, 0.15) is 0 Å². The fourth-order valence-electron chi connectivity index (χ4n) is 0.312. The Morgan fingerprint density at radius 3 is 2.30 bits per heavy atom. The van der Waals surface area contributed by atoms with Crippen LogP contribution < -0.4 is 0 Å². The lowest BCUT2D eigenvalue weighted by molar-refractivity contribution is -0.132. The van der Waals surface area contributed by atoms with Crippen LogP contribution in [0.4, 0.5) is 0 Å². The van der Waals surface area contributed by atoms with Crippen LogP contribution in [-0.2, 0) is 23.6 Å². The molecule has 0 fully saturated rings. The molecule has 0 aromatic heterocycles. The van der Waals surface area contributed by atoms with Crippen LogP contribution >= 0.6 is 0 Å². The Morgan fingerprint density at radius 2 is 2.00 bits per heavy atom. The second-order valence-corrected chi connectivity index (χ2v) is 2.61. The largest absolute Gasteiger partial charge is 0.451 e. The summed E-state index contributed by atoms with van der Waals surface area (Å²) >= 11 is 0. The van der Waals surface area contributed by atoms with Crippen molar-refractivity contribution < 1.29 is 21.6 Å². The van der Waals surface area contributed by atoms with Crippen LogP contribution in [0.1, 0.15) is 13.8 Å². The summed E-state index contributed by atoms with van der Waals surface area (Å²) in [5.74, 6) is -0.909. The van der Waals surface area contributed by atoms with E-state index in [1.165, 1.54) is 6.92 Å². The van der Waals surface area contributed by atoms with Gasteiger partial charge in [-0.25, -0.2) is 4.18 Å². The second-order valence-electron chi connectivity index (χ2n) is 1.39. The van der Waals surface area contributed by atoms with E-state index in [1.54, 1.807) is 0 Å². The minimum Gasteiger partial charge on any atom is -0.325 e. The van der Waals surface area contributed by atoms with Crippen LogP contribution in [0.2, 0.25) is 0 Å². The summed E-state index contributed by atoms with van der Waals surface area (Å²) in [7, 11) is -4.08. The molecule has 0 aliphatic heterocycles. The quantitative estimate of drug-likeness (QED) is 0.585. The van der Waals surface area contributed by atoms with Crippen molar-refractivity contribution in [1.29, 1.82) is 0 Å². The van der Waals surface area contributed by atoms with E-state index in [4.69, 9.17) is 0 Å². The first-order valence-corrected chi connectivity index (χ1v) is 3.90. The third-order valence-corrected chi connectivity index (χ3v) is 1.44. The lowest BCUT2D eigenvalue weighted by Crippen LogP contribution is -2.12. The molecule has 0 aliphatic carbocycles. The molecule has 6 heteroatoms. The van der Waals surface area contributed by atoms with Gasteiger partial charge in [-0.15, -0.1) is 0 Å². The Hall–Kier alpha value is -0.620. The SMILES string of the molecule is CCOS(=O)(=O)OC(C)=O. The maximum Gasteiger partial charge on any atom is 0.451 e. The lowest BCUT2D eigenvalue weighted by Gasteiger charge is -1.99. The maximum absolute atomic E-state index is 10.4. The van der Waals surface area contributed by atoms with Crippen LogP contribution in [0.3, 0.4) is 0 Å². The Morgan fingerprint density at radius 1 is 1.50 bits per heavy atom. The first-order valence-electron chi connectivity index (χ1n) is 2.57. The predicted octanol–water partition coefficient (Wildman–Crippen LogP) is -0.169. The molecule has 0 saturated heterocycles. The summed E-state index contributed by atoms with van der Waals surface area (Å²) in [5.41, 5.74) is 0. The Balaban J connectivity index is 4.02. The molecule has 0 amide bonds. The smallest absolute Gasteiger partial charge is 0.325 e. The molecule has 0 aromatic carbocycles. The summed E-state index contributed by atoms with van der Waals surface area (Å²) in [5, 5.41) is 0. The van der Waals surface area contributed by atoms with Crippen molar-refractivity contribution in [1.82, 2.24) is 0 Å². The highest BCUT2D eigenvalue weighted by Gasteiger charge is 2.12. The molecule has 0 bridgehead atoms. The minimum atomic E-state index is -4.08. The Labute approximate surface area is 59.3 Å². The molecule has 0 rings (SSSR count). The van der Waals surface area contributed by atoms with Crippen molar-refractivity contribution in [2.75, 3.05) is 6.61 Å². The molecule has 0 radical (unpaired) electrons. The average molecular weight is 168 g/mol. The van der Waals surface area contributed by atoms with Crippen molar-refractivity contribution in [3.05, 3.63) is 0 Å². The first-order chi connectivity index (χ1) is 4.48. The Kier molecular flexibility index (Phi) is 3.31. The second kappa shape index (κ2) is 3.52. The van der Waals surface area contributed by atoms with Gasteiger partial charge in [-0.2, -0.15) is 8.42 Å². The van der Waals surface area contributed by atoms with E-state index in [2.05, 4.69) is 8.37 Å². The van der Waals surface area contributed by atoms with E-state index in [-0.39, 0.29) is 6.61 Å². The number of hydrogen-bond donors (Lipinski definition) is 0. The van der Waals surface area contributed by atoms with Gasteiger partial charge in [-0.1, -0.05) is 0 Å². The summed E-state index contributed by atoms with van der Waals surface area (Å²) in [6, 6.07) is 0. The molecule has 0 saturated carbocycles. The van der Waals surface area contributed by atoms with Crippen LogP contribution in [0.5, 0.6) is 0 Å². The average Bonchev–Trinajstić information content (AvgIpc) is 1.59. The highest BCUT2D eigenvalue weighted by Crippen LogP contribution is 1.94. The van der Waals surface area contributed by atoms with Gasteiger partial charge in [0, 0.05) is 6.92 Å². The summed E-state index contributed by atoms with van der Waals surface area (Å²) in [4.78, 5) is 10.1. The monoisotopic (exact) mass is 168 g/mol.